The second-order valence-electron chi connectivity index (χ2n) is 6.50. The highest BCUT2D eigenvalue weighted by Gasteiger charge is 2.29. The molecule has 0 unspecified atom stereocenters. The Hall–Kier alpha value is -2.96. The second-order valence-corrected chi connectivity index (χ2v) is 6.50. The fraction of sp³-hybridized carbons (Fsp3) is 0.333. The maximum absolute atomic E-state index is 13.0. The van der Waals surface area contributed by atoms with Gasteiger partial charge in [0.1, 0.15) is 0 Å². The fourth-order valence-electron chi connectivity index (χ4n) is 3.59. The van der Waals surface area contributed by atoms with Crippen LogP contribution in [0.5, 0.6) is 0 Å². The minimum atomic E-state index is -0.281. The molecule has 0 bridgehead atoms. The van der Waals surface area contributed by atoms with Gasteiger partial charge in [0.05, 0.1) is 11.6 Å². The highest BCUT2D eigenvalue weighted by molar-refractivity contribution is 6.04. The van der Waals surface area contributed by atoms with Crippen LogP contribution in [0.4, 0.5) is 0 Å². The van der Waals surface area contributed by atoms with E-state index in [4.69, 9.17) is 0 Å². The number of hydrogen-bond acceptors (Lipinski definition) is 4. The van der Waals surface area contributed by atoms with Crippen molar-refractivity contribution < 1.29 is 4.79 Å². The summed E-state index contributed by atoms with van der Waals surface area (Å²) < 4.78 is 0. The van der Waals surface area contributed by atoms with E-state index in [2.05, 4.69) is 20.4 Å². The van der Waals surface area contributed by atoms with Crippen molar-refractivity contribution in [2.45, 2.75) is 25.7 Å². The van der Waals surface area contributed by atoms with Crippen LogP contribution in [0.3, 0.4) is 0 Å². The lowest BCUT2D eigenvalue weighted by atomic mass is 9.92. The van der Waals surface area contributed by atoms with E-state index in [1.807, 2.05) is 24.1 Å². The van der Waals surface area contributed by atoms with Crippen molar-refractivity contribution in [3.8, 4) is 0 Å². The lowest BCUT2D eigenvalue weighted by Gasteiger charge is -2.32. The largest absolute Gasteiger partial charge is 0.337 e. The Bertz CT molecular complexity index is 990. The first kappa shape index (κ1) is 15.6. The minimum Gasteiger partial charge on any atom is -0.337 e. The van der Waals surface area contributed by atoms with Gasteiger partial charge in [0.2, 0.25) is 0 Å². The molecule has 4 rings (SSSR count). The van der Waals surface area contributed by atoms with Gasteiger partial charge in [0, 0.05) is 30.1 Å². The molecule has 1 fully saturated rings. The number of carbonyl (C=O) groups is 1. The van der Waals surface area contributed by atoms with Crippen molar-refractivity contribution in [2.24, 2.45) is 0 Å². The first-order chi connectivity index (χ1) is 12.1. The standard InChI is InChI=1S/C18H19N5O2/c1-11-9-19-20-15(11)12-5-4-8-23(10-12)18(25)16-13-6-2-3-7-14(13)17(24)22-21-16/h2-3,6-7,9,12H,4-5,8,10H2,1H3,(H,19,20)(H,22,24)/t12-/m0/s1. The van der Waals surface area contributed by atoms with Crippen molar-refractivity contribution in [3.05, 3.63) is 57.8 Å². The van der Waals surface area contributed by atoms with E-state index in [0.29, 0.717) is 29.6 Å². The van der Waals surface area contributed by atoms with Crippen molar-refractivity contribution in [2.75, 3.05) is 13.1 Å². The molecule has 1 saturated heterocycles. The van der Waals surface area contributed by atoms with Crippen LogP contribution < -0.4 is 5.56 Å². The maximum Gasteiger partial charge on any atom is 0.274 e. The monoisotopic (exact) mass is 337 g/mol. The summed E-state index contributed by atoms with van der Waals surface area (Å²) in [6, 6.07) is 7.07. The predicted molar refractivity (Wildman–Crippen MR) is 93.6 cm³/mol. The van der Waals surface area contributed by atoms with E-state index in [0.717, 1.165) is 24.1 Å². The van der Waals surface area contributed by atoms with Crippen LogP contribution in [-0.4, -0.2) is 44.3 Å². The average Bonchev–Trinajstić information content (AvgIpc) is 3.08. The molecular weight excluding hydrogens is 318 g/mol. The number of H-pyrrole nitrogens is 2. The van der Waals surface area contributed by atoms with Gasteiger partial charge in [-0.1, -0.05) is 18.2 Å². The third-order valence-electron chi connectivity index (χ3n) is 4.88. The van der Waals surface area contributed by atoms with E-state index in [9.17, 15) is 9.59 Å². The number of amides is 1. The average molecular weight is 337 g/mol. The van der Waals surface area contributed by atoms with Crippen molar-refractivity contribution in [1.82, 2.24) is 25.3 Å². The first-order valence-electron chi connectivity index (χ1n) is 8.41. The molecule has 0 saturated carbocycles. The molecule has 2 aromatic heterocycles. The van der Waals surface area contributed by atoms with Crippen molar-refractivity contribution in [3.63, 3.8) is 0 Å². The molecule has 0 spiro atoms. The van der Waals surface area contributed by atoms with Crippen molar-refractivity contribution >= 4 is 16.7 Å². The van der Waals surface area contributed by atoms with Gasteiger partial charge in [-0.2, -0.15) is 10.2 Å². The molecule has 7 nitrogen and oxygen atoms in total. The quantitative estimate of drug-likeness (QED) is 0.747. The van der Waals surface area contributed by atoms with Crippen LogP contribution in [-0.2, 0) is 0 Å². The Morgan fingerprint density at radius 3 is 2.80 bits per heavy atom. The number of aromatic amines is 2. The Morgan fingerprint density at radius 1 is 1.24 bits per heavy atom. The summed E-state index contributed by atoms with van der Waals surface area (Å²) in [6.07, 6.45) is 3.76. The summed E-state index contributed by atoms with van der Waals surface area (Å²) in [5, 5.41) is 14.7. The molecule has 3 aromatic rings. The first-order valence-corrected chi connectivity index (χ1v) is 8.41. The third kappa shape index (κ3) is 2.71. The molecule has 1 atom stereocenters. The van der Waals surface area contributed by atoms with E-state index >= 15 is 0 Å². The number of aryl methyl sites for hydroxylation is 1. The van der Waals surface area contributed by atoms with E-state index in [1.54, 1.807) is 18.2 Å². The minimum absolute atomic E-state index is 0.144. The molecule has 2 N–H and O–H groups in total. The number of fused-ring (bicyclic) bond motifs is 1. The number of nitrogens with zero attached hydrogens (tertiary/aromatic N) is 3. The number of aromatic nitrogens is 4. The third-order valence-corrected chi connectivity index (χ3v) is 4.88. The molecule has 0 radical (unpaired) electrons. The molecule has 7 heteroatoms. The van der Waals surface area contributed by atoms with Crippen LogP contribution in [0.25, 0.3) is 10.8 Å². The highest BCUT2D eigenvalue weighted by atomic mass is 16.2. The molecule has 1 aliphatic rings. The lowest BCUT2D eigenvalue weighted by molar-refractivity contribution is 0.0700. The van der Waals surface area contributed by atoms with Gasteiger partial charge >= 0.3 is 0 Å². The summed E-state index contributed by atoms with van der Waals surface area (Å²) >= 11 is 0. The van der Waals surface area contributed by atoms with Crippen molar-refractivity contribution in [1.29, 1.82) is 0 Å². The highest BCUT2D eigenvalue weighted by Crippen LogP contribution is 2.28. The zero-order valence-corrected chi connectivity index (χ0v) is 14.0. The van der Waals surface area contributed by atoms with E-state index < -0.39 is 0 Å². The number of likely N-dealkylation sites (tertiary alicyclic amines) is 1. The Kier molecular flexibility index (Phi) is 3.83. The second kappa shape index (κ2) is 6.16. The molecule has 1 aliphatic heterocycles. The van der Waals surface area contributed by atoms with Gasteiger partial charge in [-0.25, -0.2) is 5.10 Å². The number of carbonyl (C=O) groups excluding carboxylic acids is 1. The Morgan fingerprint density at radius 2 is 2.04 bits per heavy atom. The van der Waals surface area contributed by atoms with Gasteiger partial charge in [-0.05, 0) is 31.4 Å². The SMILES string of the molecule is Cc1cn[nH]c1[C@H]1CCCN(C(=O)c2n[nH]c(=O)c3ccccc23)C1. The number of piperidine rings is 1. The Balaban J connectivity index is 1.66. The fourth-order valence-corrected chi connectivity index (χ4v) is 3.59. The van der Waals surface area contributed by atoms with E-state index in [-0.39, 0.29) is 17.4 Å². The van der Waals surface area contributed by atoms with Crippen LogP contribution >= 0.6 is 0 Å². The van der Waals surface area contributed by atoms with Crippen LogP contribution in [0, 0.1) is 6.92 Å². The zero-order valence-electron chi connectivity index (χ0n) is 14.0. The topological polar surface area (TPSA) is 94.7 Å². The van der Waals surface area contributed by atoms with Gasteiger partial charge in [-0.15, -0.1) is 0 Å². The maximum atomic E-state index is 13.0. The number of rotatable bonds is 2. The number of hydrogen-bond donors (Lipinski definition) is 2. The van der Waals surface area contributed by atoms with E-state index in [1.165, 1.54) is 0 Å². The van der Waals surface area contributed by atoms with Crippen LogP contribution in [0.15, 0.2) is 35.3 Å². The molecule has 3 heterocycles. The predicted octanol–water partition coefficient (Wildman–Crippen LogP) is 1.97. The van der Waals surface area contributed by atoms with Crippen LogP contribution in [0.2, 0.25) is 0 Å². The summed E-state index contributed by atoms with van der Waals surface area (Å²) in [5.41, 5.74) is 2.23. The molecule has 1 aromatic carbocycles. The summed E-state index contributed by atoms with van der Waals surface area (Å²) in [5.74, 6) is 0.101. The number of benzene rings is 1. The molecular formula is C18H19N5O2. The van der Waals surface area contributed by atoms with Gasteiger partial charge in [0.25, 0.3) is 11.5 Å². The van der Waals surface area contributed by atoms with Gasteiger partial charge in [-0.3, -0.25) is 14.7 Å². The van der Waals surface area contributed by atoms with Gasteiger partial charge in [0.15, 0.2) is 5.69 Å². The number of nitrogens with one attached hydrogen (secondary N) is 2. The summed E-state index contributed by atoms with van der Waals surface area (Å²) in [6.45, 7) is 3.34. The molecule has 1 amide bonds. The molecule has 128 valence electrons. The Labute approximate surface area is 144 Å². The van der Waals surface area contributed by atoms with Gasteiger partial charge < -0.3 is 4.90 Å². The summed E-state index contributed by atoms with van der Waals surface area (Å²) in [7, 11) is 0. The lowest BCUT2D eigenvalue weighted by Crippen LogP contribution is -2.40. The molecule has 0 aliphatic carbocycles. The van der Waals surface area contributed by atoms with Crippen LogP contribution in [0.1, 0.15) is 40.5 Å². The normalized spacial score (nSPS) is 17.8. The molecule has 25 heavy (non-hydrogen) atoms. The smallest absolute Gasteiger partial charge is 0.274 e. The zero-order chi connectivity index (χ0) is 17.4. The summed E-state index contributed by atoms with van der Waals surface area (Å²) in [4.78, 5) is 26.8.